The van der Waals surface area contributed by atoms with E-state index in [1.165, 1.54) is 31.5 Å². The second kappa shape index (κ2) is 7.42. The number of likely N-dealkylation sites (tertiary alicyclic amines) is 3. The first-order chi connectivity index (χ1) is 12.3. The smallest absolute Gasteiger partial charge is 0.230 e. The minimum absolute atomic E-state index is 0.120. The van der Waals surface area contributed by atoms with Gasteiger partial charge in [0.25, 0.3) is 0 Å². The third-order valence-corrected chi connectivity index (χ3v) is 6.27. The van der Waals surface area contributed by atoms with E-state index in [1.807, 2.05) is 18.5 Å². The molecule has 3 fully saturated rings. The molecule has 0 aromatic carbocycles. The number of aromatic nitrogens is 1. The van der Waals surface area contributed by atoms with Gasteiger partial charge >= 0.3 is 0 Å². The van der Waals surface area contributed by atoms with Crippen molar-refractivity contribution < 1.29 is 4.79 Å². The topological polar surface area (TPSA) is 39.7 Å². The molecule has 3 saturated heterocycles. The summed E-state index contributed by atoms with van der Waals surface area (Å²) in [6.45, 7) is 8.28. The largest absolute Gasteiger partial charge is 0.341 e. The van der Waals surface area contributed by atoms with Crippen LogP contribution in [0.5, 0.6) is 0 Å². The lowest BCUT2D eigenvalue weighted by molar-refractivity contribution is -0.139. The van der Waals surface area contributed by atoms with Crippen LogP contribution in [-0.2, 0) is 11.3 Å². The van der Waals surface area contributed by atoms with Crippen molar-refractivity contribution in [3.63, 3.8) is 0 Å². The molecule has 1 amide bonds. The van der Waals surface area contributed by atoms with Crippen molar-refractivity contribution in [2.75, 3.05) is 45.8 Å². The van der Waals surface area contributed by atoms with Crippen molar-refractivity contribution in [2.24, 2.45) is 5.41 Å². The lowest BCUT2D eigenvalue weighted by atomic mass is 9.78. The van der Waals surface area contributed by atoms with Gasteiger partial charge in [0.2, 0.25) is 5.91 Å². The number of pyridine rings is 1. The van der Waals surface area contributed by atoms with E-state index < -0.39 is 0 Å². The zero-order valence-corrected chi connectivity index (χ0v) is 15.2. The Morgan fingerprint density at radius 3 is 2.64 bits per heavy atom. The fraction of sp³-hybridized carbons (Fsp3) is 0.700. The minimum Gasteiger partial charge on any atom is -0.341 e. The highest BCUT2D eigenvalue weighted by molar-refractivity contribution is 5.85. The molecule has 1 aromatic rings. The summed E-state index contributed by atoms with van der Waals surface area (Å²) in [5.74, 6) is 0.419. The van der Waals surface area contributed by atoms with Crippen molar-refractivity contribution in [2.45, 2.75) is 38.6 Å². The van der Waals surface area contributed by atoms with Crippen LogP contribution in [0.25, 0.3) is 0 Å². The minimum atomic E-state index is -0.120. The lowest BCUT2D eigenvalue weighted by Gasteiger charge is -2.39. The SMILES string of the molecule is O=C1N(CCN2CCCC2)CCC12CCCN(Cc1cccnc1)C2. The summed E-state index contributed by atoms with van der Waals surface area (Å²) in [5, 5.41) is 0. The maximum atomic E-state index is 13.2. The molecule has 3 aliphatic rings. The number of rotatable bonds is 5. The molecule has 0 saturated carbocycles. The fourth-order valence-electron chi connectivity index (χ4n) is 4.87. The molecule has 0 N–H and O–H groups in total. The van der Waals surface area contributed by atoms with Crippen LogP contribution < -0.4 is 0 Å². The Kier molecular flexibility index (Phi) is 5.04. The van der Waals surface area contributed by atoms with E-state index in [-0.39, 0.29) is 5.41 Å². The summed E-state index contributed by atoms with van der Waals surface area (Å²) in [5.41, 5.74) is 1.13. The predicted molar refractivity (Wildman–Crippen MR) is 98.1 cm³/mol. The summed E-state index contributed by atoms with van der Waals surface area (Å²) in [6.07, 6.45) is 9.64. The number of nitrogens with zero attached hydrogens (tertiary/aromatic N) is 4. The lowest BCUT2D eigenvalue weighted by Crippen LogP contribution is -2.48. The standard InChI is InChI=1S/C20H30N4O/c25-19-20(7-12-24(19)14-13-22-9-1-2-10-22)6-4-11-23(17-20)16-18-5-3-8-21-15-18/h3,5,8,15H,1-2,4,6-7,9-14,16-17H2. The van der Waals surface area contributed by atoms with Gasteiger partial charge in [-0.05, 0) is 63.4 Å². The van der Waals surface area contributed by atoms with E-state index in [0.29, 0.717) is 5.91 Å². The van der Waals surface area contributed by atoms with Gasteiger partial charge in [0.15, 0.2) is 0 Å². The number of carbonyl (C=O) groups excluding carboxylic acids is 1. The number of hydrogen-bond acceptors (Lipinski definition) is 4. The van der Waals surface area contributed by atoms with Gasteiger partial charge in [-0.2, -0.15) is 0 Å². The third kappa shape index (κ3) is 3.72. The average Bonchev–Trinajstić information content (AvgIpc) is 3.25. The van der Waals surface area contributed by atoms with Crippen LogP contribution >= 0.6 is 0 Å². The van der Waals surface area contributed by atoms with Gasteiger partial charge in [-0.25, -0.2) is 0 Å². The summed E-state index contributed by atoms with van der Waals surface area (Å²) < 4.78 is 0. The van der Waals surface area contributed by atoms with Crippen molar-refractivity contribution in [3.05, 3.63) is 30.1 Å². The van der Waals surface area contributed by atoms with Gasteiger partial charge < -0.3 is 9.80 Å². The zero-order chi connectivity index (χ0) is 17.1. The fourth-order valence-corrected chi connectivity index (χ4v) is 4.87. The highest BCUT2D eigenvalue weighted by Crippen LogP contribution is 2.40. The number of piperidine rings is 1. The average molecular weight is 342 g/mol. The zero-order valence-electron chi connectivity index (χ0n) is 15.2. The van der Waals surface area contributed by atoms with Crippen molar-refractivity contribution >= 4 is 5.91 Å². The van der Waals surface area contributed by atoms with Crippen molar-refractivity contribution in [1.29, 1.82) is 0 Å². The number of hydrogen-bond donors (Lipinski definition) is 0. The predicted octanol–water partition coefficient (Wildman–Crippen LogP) is 1.99. The van der Waals surface area contributed by atoms with Crippen LogP contribution in [0.15, 0.2) is 24.5 Å². The molecule has 136 valence electrons. The van der Waals surface area contributed by atoms with Gasteiger partial charge in [-0.1, -0.05) is 6.07 Å². The highest BCUT2D eigenvalue weighted by Gasteiger charge is 2.48. The van der Waals surface area contributed by atoms with Crippen LogP contribution in [0.1, 0.15) is 37.7 Å². The first kappa shape index (κ1) is 17.0. The molecule has 25 heavy (non-hydrogen) atoms. The summed E-state index contributed by atoms with van der Waals surface area (Å²) in [4.78, 5) is 24.5. The Morgan fingerprint density at radius 2 is 1.84 bits per heavy atom. The molecule has 0 radical (unpaired) electrons. The molecule has 1 aromatic heterocycles. The molecule has 5 nitrogen and oxygen atoms in total. The first-order valence-electron chi connectivity index (χ1n) is 9.88. The monoisotopic (exact) mass is 342 g/mol. The van der Waals surface area contributed by atoms with E-state index >= 15 is 0 Å². The van der Waals surface area contributed by atoms with E-state index in [0.717, 1.165) is 58.5 Å². The van der Waals surface area contributed by atoms with Gasteiger partial charge in [-0.15, -0.1) is 0 Å². The molecule has 4 rings (SSSR count). The molecule has 3 aliphatic heterocycles. The van der Waals surface area contributed by atoms with Crippen molar-refractivity contribution in [1.82, 2.24) is 19.7 Å². The van der Waals surface area contributed by atoms with E-state index in [1.54, 1.807) is 0 Å². The van der Waals surface area contributed by atoms with Gasteiger partial charge in [-0.3, -0.25) is 14.7 Å². The molecule has 0 bridgehead atoms. The molecular formula is C20H30N4O. The van der Waals surface area contributed by atoms with E-state index in [9.17, 15) is 4.79 Å². The molecule has 5 heteroatoms. The Labute approximate surface area is 151 Å². The quantitative estimate of drug-likeness (QED) is 0.820. The highest BCUT2D eigenvalue weighted by atomic mass is 16.2. The third-order valence-electron chi connectivity index (χ3n) is 6.27. The van der Waals surface area contributed by atoms with Gasteiger partial charge in [0, 0.05) is 45.1 Å². The number of amides is 1. The Hall–Kier alpha value is -1.46. The Balaban J connectivity index is 1.35. The van der Waals surface area contributed by atoms with Crippen molar-refractivity contribution in [3.8, 4) is 0 Å². The normalized spacial score (nSPS) is 28.3. The first-order valence-corrected chi connectivity index (χ1v) is 9.88. The molecular weight excluding hydrogens is 312 g/mol. The molecule has 4 heterocycles. The summed E-state index contributed by atoms with van der Waals surface area (Å²) in [6, 6.07) is 4.13. The maximum Gasteiger partial charge on any atom is 0.230 e. The summed E-state index contributed by atoms with van der Waals surface area (Å²) in [7, 11) is 0. The van der Waals surface area contributed by atoms with Crippen LogP contribution in [0.4, 0.5) is 0 Å². The molecule has 1 atom stereocenters. The molecule has 0 aliphatic carbocycles. The Morgan fingerprint density at radius 1 is 1.00 bits per heavy atom. The second-order valence-electron chi connectivity index (χ2n) is 8.05. The maximum absolute atomic E-state index is 13.2. The van der Waals surface area contributed by atoms with Crippen LogP contribution in [0.3, 0.4) is 0 Å². The van der Waals surface area contributed by atoms with Crippen LogP contribution in [0.2, 0.25) is 0 Å². The summed E-state index contributed by atoms with van der Waals surface area (Å²) >= 11 is 0. The van der Waals surface area contributed by atoms with Crippen LogP contribution in [0, 0.1) is 5.41 Å². The van der Waals surface area contributed by atoms with E-state index in [2.05, 4.69) is 25.8 Å². The van der Waals surface area contributed by atoms with Gasteiger partial charge in [0.1, 0.15) is 0 Å². The van der Waals surface area contributed by atoms with Gasteiger partial charge in [0.05, 0.1) is 5.41 Å². The molecule has 1 spiro atoms. The molecule has 1 unspecified atom stereocenters. The van der Waals surface area contributed by atoms with E-state index in [4.69, 9.17) is 0 Å². The van der Waals surface area contributed by atoms with Crippen LogP contribution in [-0.4, -0.2) is 71.4 Å². The second-order valence-corrected chi connectivity index (χ2v) is 8.05. The Bertz CT molecular complexity index is 587. The number of carbonyl (C=O) groups is 1.